The van der Waals surface area contributed by atoms with Crippen LogP contribution in [0.4, 0.5) is 0 Å². The Kier molecular flexibility index (Phi) is 2.06. The molecule has 13 heavy (non-hydrogen) atoms. The maximum Gasteiger partial charge on any atom is 0.163 e. The van der Waals surface area contributed by atoms with Gasteiger partial charge in [0, 0.05) is 6.20 Å². The minimum Gasteiger partial charge on any atom is -0.265 e. The van der Waals surface area contributed by atoms with E-state index in [1.54, 1.807) is 12.1 Å². The van der Waals surface area contributed by atoms with Gasteiger partial charge in [0.25, 0.3) is 0 Å². The van der Waals surface area contributed by atoms with E-state index in [1.165, 1.54) is 6.20 Å². The first-order valence-electron chi connectivity index (χ1n) is 3.95. The van der Waals surface area contributed by atoms with Crippen LogP contribution in [0, 0.1) is 0 Å². The molecule has 0 bridgehead atoms. The van der Waals surface area contributed by atoms with Crippen LogP contribution in [0.5, 0.6) is 0 Å². The van der Waals surface area contributed by atoms with Crippen molar-refractivity contribution in [1.82, 2.24) is 15.4 Å². The molecule has 0 aliphatic rings. The second-order valence-corrected chi connectivity index (χ2v) is 2.69. The Morgan fingerprint density at radius 3 is 2.62 bits per heavy atom. The Bertz CT molecular complexity index is 358. The number of nitrogens with zero attached hydrogens (tertiary/aromatic N) is 2. The van der Waals surface area contributed by atoms with Gasteiger partial charge in [0.1, 0.15) is 5.69 Å². The molecule has 1 heterocycles. The van der Waals surface area contributed by atoms with Crippen LogP contribution in [0.1, 0.15) is 17.4 Å². The summed E-state index contributed by atoms with van der Waals surface area (Å²) in [5.74, 6) is 0. The topological polar surface area (TPSA) is 61.5 Å². The molecule has 0 aliphatic heterocycles. The summed E-state index contributed by atoms with van der Waals surface area (Å²) in [4.78, 5) is 0. The first-order valence-corrected chi connectivity index (χ1v) is 3.95. The molecule has 1 unspecified atom stereocenters. The fraction of sp³-hybridized carbons (Fsp3) is 0.111. The molecule has 1 N–H and O–H groups in total. The number of aromatic nitrogens is 3. The molecule has 1 radical (unpaired) electrons. The molecular weight excluding hydrogens is 166 g/mol. The number of nitrogens with one attached hydrogen (secondary N) is 1. The van der Waals surface area contributed by atoms with E-state index < -0.39 is 6.10 Å². The lowest BCUT2D eigenvalue weighted by molar-refractivity contribution is 0.121. The molecule has 1 atom stereocenters. The molecule has 0 fully saturated rings. The predicted molar refractivity (Wildman–Crippen MR) is 45.4 cm³/mol. The van der Waals surface area contributed by atoms with Crippen molar-refractivity contribution >= 4 is 0 Å². The molecule has 0 spiro atoms. The Balaban J connectivity index is 2.29. The molecule has 1 aromatic heterocycles. The fourth-order valence-electron chi connectivity index (χ4n) is 1.14. The van der Waals surface area contributed by atoms with Crippen molar-refractivity contribution in [1.29, 1.82) is 0 Å². The zero-order valence-corrected chi connectivity index (χ0v) is 6.84. The highest BCUT2D eigenvalue weighted by molar-refractivity contribution is 5.23. The summed E-state index contributed by atoms with van der Waals surface area (Å²) in [7, 11) is 0. The Hall–Kier alpha value is -1.68. The zero-order chi connectivity index (χ0) is 9.10. The molecule has 2 aromatic rings. The lowest BCUT2D eigenvalue weighted by Gasteiger charge is -2.03. The molecule has 2 rings (SSSR count). The highest BCUT2D eigenvalue weighted by atomic mass is 16.3. The Morgan fingerprint density at radius 1 is 1.23 bits per heavy atom. The van der Waals surface area contributed by atoms with Crippen molar-refractivity contribution in [3.63, 3.8) is 0 Å². The van der Waals surface area contributed by atoms with Gasteiger partial charge in [0.05, 0.1) is 0 Å². The van der Waals surface area contributed by atoms with Crippen molar-refractivity contribution in [2.24, 2.45) is 0 Å². The van der Waals surface area contributed by atoms with Crippen molar-refractivity contribution < 1.29 is 5.11 Å². The van der Waals surface area contributed by atoms with Crippen LogP contribution in [0.3, 0.4) is 0 Å². The molecule has 0 saturated heterocycles. The van der Waals surface area contributed by atoms with Gasteiger partial charge in [-0.3, -0.25) is 5.10 Å². The van der Waals surface area contributed by atoms with E-state index in [-0.39, 0.29) is 0 Å². The van der Waals surface area contributed by atoms with Gasteiger partial charge in [-0.15, -0.1) is 5.10 Å². The molecule has 0 amide bonds. The van der Waals surface area contributed by atoms with E-state index in [9.17, 15) is 5.11 Å². The van der Waals surface area contributed by atoms with Gasteiger partial charge in [0.15, 0.2) is 6.10 Å². The van der Waals surface area contributed by atoms with Gasteiger partial charge >= 0.3 is 0 Å². The number of H-pyrrole nitrogens is 1. The molecular formula is C9H8N3O. The van der Waals surface area contributed by atoms with Gasteiger partial charge in [0.2, 0.25) is 0 Å². The maximum absolute atomic E-state index is 11.7. The molecule has 4 nitrogen and oxygen atoms in total. The largest absolute Gasteiger partial charge is 0.265 e. The van der Waals surface area contributed by atoms with Gasteiger partial charge in [-0.1, -0.05) is 35.5 Å². The quantitative estimate of drug-likeness (QED) is 0.746. The number of hydrogen-bond donors (Lipinski definition) is 1. The minimum atomic E-state index is -0.944. The molecule has 0 aliphatic carbocycles. The zero-order valence-electron chi connectivity index (χ0n) is 6.84. The van der Waals surface area contributed by atoms with Crippen molar-refractivity contribution in [2.45, 2.75) is 6.10 Å². The van der Waals surface area contributed by atoms with E-state index in [2.05, 4.69) is 15.4 Å². The van der Waals surface area contributed by atoms with Crippen LogP contribution >= 0.6 is 0 Å². The summed E-state index contributed by atoms with van der Waals surface area (Å²) >= 11 is 0. The van der Waals surface area contributed by atoms with E-state index in [4.69, 9.17) is 0 Å². The monoisotopic (exact) mass is 174 g/mol. The van der Waals surface area contributed by atoms with Crippen LogP contribution in [0.2, 0.25) is 0 Å². The van der Waals surface area contributed by atoms with Gasteiger partial charge in [-0.2, -0.15) is 0 Å². The maximum atomic E-state index is 11.7. The average molecular weight is 174 g/mol. The highest BCUT2D eigenvalue weighted by Gasteiger charge is 2.13. The van der Waals surface area contributed by atoms with Crippen molar-refractivity contribution in [3.8, 4) is 0 Å². The van der Waals surface area contributed by atoms with Crippen molar-refractivity contribution in [3.05, 3.63) is 47.8 Å². The Labute approximate surface area is 75.2 Å². The molecule has 4 heteroatoms. The summed E-state index contributed by atoms with van der Waals surface area (Å²) in [5.41, 5.74) is 1.13. The summed E-state index contributed by atoms with van der Waals surface area (Å²) in [6.07, 6.45) is 0.574. The molecule has 65 valence electrons. The third-order valence-corrected chi connectivity index (χ3v) is 1.81. The standard InChI is InChI=1S/C9H8N3O/c13-9(8-6-10-12-11-8)7-4-2-1-3-5-7/h1-6,9H,(H,10,11,12). The summed E-state index contributed by atoms with van der Waals surface area (Å²) in [5, 5.41) is 21.4. The lowest BCUT2D eigenvalue weighted by Crippen LogP contribution is -1.97. The number of rotatable bonds is 2. The number of aromatic amines is 1. The van der Waals surface area contributed by atoms with Crippen LogP contribution in [-0.2, 0) is 5.11 Å². The molecule has 1 aromatic carbocycles. The Morgan fingerprint density at radius 2 is 2.00 bits per heavy atom. The number of benzene rings is 1. The SMILES string of the molecule is [O]C(c1ccccc1)c1c[nH]nn1. The van der Waals surface area contributed by atoms with Crippen LogP contribution in [0.15, 0.2) is 36.5 Å². The van der Waals surface area contributed by atoms with Crippen molar-refractivity contribution in [2.75, 3.05) is 0 Å². The van der Waals surface area contributed by atoms with Crippen LogP contribution in [-0.4, -0.2) is 15.4 Å². The summed E-state index contributed by atoms with van der Waals surface area (Å²) in [6.45, 7) is 0. The van der Waals surface area contributed by atoms with Crippen LogP contribution in [0.25, 0.3) is 0 Å². The second-order valence-electron chi connectivity index (χ2n) is 2.69. The third kappa shape index (κ3) is 1.57. The lowest BCUT2D eigenvalue weighted by atomic mass is 10.1. The van der Waals surface area contributed by atoms with Crippen LogP contribution < -0.4 is 0 Å². The number of hydrogen-bond acceptors (Lipinski definition) is 2. The molecule has 0 saturated carbocycles. The van der Waals surface area contributed by atoms with Gasteiger partial charge < -0.3 is 0 Å². The van der Waals surface area contributed by atoms with E-state index >= 15 is 0 Å². The van der Waals surface area contributed by atoms with E-state index in [1.807, 2.05) is 18.2 Å². The van der Waals surface area contributed by atoms with E-state index in [0.29, 0.717) is 11.3 Å². The highest BCUT2D eigenvalue weighted by Crippen LogP contribution is 2.18. The van der Waals surface area contributed by atoms with Gasteiger partial charge in [-0.05, 0) is 5.56 Å². The van der Waals surface area contributed by atoms with Gasteiger partial charge in [-0.25, -0.2) is 5.11 Å². The summed E-state index contributed by atoms with van der Waals surface area (Å²) < 4.78 is 0. The first kappa shape index (κ1) is 7.94. The normalized spacial score (nSPS) is 12.7. The minimum absolute atomic E-state index is 0.422. The third-order valence-electron chi connectivity index (χ3n) is 1.81. The predicted octanol–water partition coefficient (Wildman–Crippen LogP) is 1.32. The first-order chi connectivity index (χ1) is 6.38. The smallest absolute Gasteiger partial charge is 0.163 e. The van der Waals surface area contributed by atoms with E-state index in [0.717, 1.165) is 0 Å². The fourth-order valence-corrected chi connectivity index (χ4v) is 1.14. The average Bonchev–Trinajstić information content (AvgIpc) is 2.71. The second kappa shape index (κ2) is 3.37. The summed E-state index contributed by atoms with van der Waals surface area (Å²) in [6, 6.07) is 9.11.